The lowest BCUT2D eigenvalue weighted by Gasteiger charge is -2.36. The second-order valence-corrected chi connectivity index (χ2v) is 5.20. The van der Waals surface area contributed by atoms with Crippen molar-refractivity contribution in [2.24, 2.45) is 0 Å². The molecule has 0 amide bonds. The highest BCUT2D eigenvalue weighted by Gasteiger charge is 2.22. The molecule has 5 heteroatoms. The average molecular weight is 280 g/mol. The maximum atomic E-state index is 5.74. The summed E-state index contributed by atoms with van der Waals surface area (Å²) < 4.78 is 10.7. The lowest BCUT2D eigenvalue weighted by Crippen LogP contribution is -2.45. The molecule has 0 spiro atoms. The lowest BCUT2D eigenvalue weighted by atomic mass is 10.2. The molecule has 1 aromatic carbocycles. The van der Waals surface area contributed by atoms with Crippen LogP contribution in [0.3, 0.4) is 0 Å². The van der Waals surface area contributed by atoms with Crippen LogP contribution in [-0.2, 0) is 9.47 Å². The van der Waals surface area contributed by atoms with Gasteiger partial charge in [0.05, 0.1) is 19.3 Å². The summed E-state index contributed by atoms with van der Waals surface area (Å²) in [4.78, 5) is 2.34. The second-order valence-electron chi connectivity index (χ2n) is 4.83. The maximum Gasteiger partial charge on any atom is 0.260 e. The molecular formula is C14H20N2O2S. The minimum absolute atomic E-state index is 0.266. The number of hydrogen-bond acceptors (Lipinski definition) is 4. The molecule has 4 nitrogen and oxygen atoms in total. The van der Waals surface area contributed by atoms with Gasteiger partial charge in [0.2, 0.25) is 0 Å². The van der Waals surface area contributed by atoms with E-state index in [1.165, 1.54) is 5.69 Å². The molecule has 1 aliphatic rings. The van der Waals surface area contributed by atoms with Crippen LogP contribution in [0.15, 0.2) is 24.3 Å². The largest absolute Gasteiger partial charge is 0.474 e. The fraction of sp³-hybridized carbons (Fsp3) is 0.500. The van der Waals surface area contributed by atoms with E-state index >= 15 is 0 Å². The van der Waals surface area contributed by atoms with Crippen LogP contribution >= 0.6 is 12.2 Å². The number of nitrogens with zero attached hydrogens (tertiary/aromatic N) is 1. The third kappa shape index (κ3) is 3.81. The number of hydrogen-bond donors (Lipinski definition) is 1. The van der Waals surface area contributed by atoms with Crippen molar-refractivity contribution >= 4 is 28.8 Å². The van der Waals surface area contributed by atoms with Gasteiger partial charge in [0.25, 0.3) is 5.17 Å². The van der Waals surface area contributed by atoms with Crippen molar-refractivity contribution in [3.8, 4) is 0 Å². The summed E-state index contributed by atoms with van der Waals surface area (Å²) in [5.41, 5.74) is 2.14. The molecule has 1 saturated heterocycles. The third-order valence-corrected chi connectivity index (χ3v) is 3.35. The van der Waals surface area contributed by atoms with Crippen molar-refractivity contribution < 1.29 is 9.47 Å². The number of morpholine rings is 1. The van der Waals surface area contributed by atoms with Gasteiger partial charge < -0.3 is 19.7 Å². The topological polar surface area (TPSA) is 33.7 Å². The third-order valence-electron chi connectivity index (χ3n) is 3.08. The van der Waals surface area contributed by atoms with Crippen LogP contribution in [0.2, 0.25) is 0 Å². The van der Waals surface area contributed by atoms with E-state index in [9.17, 15) is 0 Å². The average Bonchev–Trinajstić information content (AvgIpc) is 2.38. The number of methoxy groups -OCH3 is 1. The number of thiocarbonyl (C=S) groups is 1. The fourth-order valence-corrected chi connectivity index (χ4v) is 2.43. The van der Waals surface area contributed by atoms with E-state index in [1.807, 2.05) is 12.1 Å². The Morgan fingerprint density at radius 2 is 1.84 bits per heavy atom. The van der Waals surface area contributed by atoms with E-state index in [1.54, 1.807) is 7.11 Å². The molecule has 0 aromatic heterocycles. The number of rotatable bonds is 2. The number of benzene rings is 1. The van der Waals surface area contributed by atoms with Gasteiger partial charge in [0.15, 0.2) is 0 Å². The Morgan fingerprint density at radius 3 is 2.37 bits per heavy atom. The van der Waals surface area contributed by atoms with Crippen molar-refractivity contribution in [1.82, 2.24) is 0 Å². The van der Waals surface area contributed by atoms with E-state index in [4.69, 9.17) is 21.7 Å². The first-order valence-corrected chi connectivity index (χ1v) is 6.84. The summed E-state index contributed by atoms with van der Waals surface area (Å²) in [6.45, 7) is 6.06. The van der Waals surface area contributed by atoms with Crippen molar-refractivity contribution in [2.45, 2.75) is 26.1 Å². The molecule has 0 unspecified atom stereocenters. The number of anilines is 2. The molecular weight excluding hydrogens is 260 g/mol. The molecule has 0 saturated carbocycles. The Morgan fingerprint density at radius 1 is 1.26 bits per heavy atom. The summed E-state index contributed by atoms with van der Waals surface area (Å²) in [5.74, 6) is 0. The summed E-state index contributed by atoms with van der Waals surface area (Å²) in [6.07, 6.45) is 0.533. The first-order valence-electron chi connectivity index (χ1n) is 6.44. The molecule has 1 aromatic rings. The molecule has 1 aliphatic heterocycles. The smallest absolute Gasteiger partial charge is 0.260 e. The fourth-order valence-electron chi connectivity index (χ4n) is 2.31. The predicted molar refractivity (Wildman–Crippen MR) is 81.9 cm³/mol. The maximum absolute atomic E-state index is 5.74. The summed E-state index contributed by atoms with van der Waals surface area (Å²) in [7, 11) is 1.56. The molecule has 1 N–H and O–H groups in total. The molecule has 0 bridgehead atoms. The first-order chi connectivity index (χ1) is 9.08. The van der Waals surface area contributed by atoms with Gasteiger partial charge in [-0.05, 0) is 50.3 Å². The quantitative estimate of drug-likeness (QED) is 0.842. The normalized spacial score (nSPS) is 23.0. The predicted octanol–water partition coefficient (Wildman–Crippen LogP) is 2.64. The summed E-state index contributed by atoms with van der Waals surface area (Å²) in [6, 6.07) is 8.19. The van der Waals surface area contributed by atoms with Crippen LogP contribution in [0.4, 0.5) is 11.4 Å². The minimum Gasteiger partial charge on any atom is -0.474 e. The number of ether oxygens (including phenoxy) is 2. The van der Waals surface area contributed by atoms with E-state index < -0.39 is 0 Å². The Kier molecular flexibility index (Phi) is 4.61. The van der Waals surface area contributed by atoms with Crippen molar-refractivity contribution in [3.63, 3.8) is 0 Å². The molecule has 0 radical (unpaired) electrons. The molecule has 19 heavy (non-hydrogen) atoms. The molecule has 2 atom stereocenters. The Balaban J connectivity index is 2.03. The second kappa shape index (κ2) is 6.21. The summed E-state index contributed by atoms with van der Waals surface area (Å²) in [5, 5.41) is 3.38. The van der Waals surface area contributed by atoms with E-state index in [0.29, 0.717) is 5.17 Å². The Labute approximate surface area is 119 Å². The van der Waals surface area contributed by atoms with Gasteiger partial charge >= 0.3 is 0 Å². The number of nitrogens with one attached hydrogen (secondary N) is 1. The standard InChI is InChI=1S/C14H20N2O2S/c1-10-8-16(9-11(2)18-10)13-6-4-12(5-7-13)15-14(19)17-3/h4-7,10-11H,8-9H2,1-3H3,(H,15,19)/t10-,11+. The Bertz CT molecular complexity index is 426. The van der Waals surface area contributed by atoms with Crippen LogP contribution in [0, 0.1) is 0 Å². The molecule has 0 aliphatic carbocycles. The molecule has 104 valence electrons. The zero-order valence-electron chi connectivity index (χ0n) is 11.6. The van der Waals surface area contributed by atoms with Crippen molar-refractivity contribution in [2.75, 3.05) is 30.4 Å². The monoisotopic (exact) mass is 280 g/mol. The Hall–Kier alpha value is -1.33. The van der Waals surface area contributed by atoms with Crippen LogP contribution in [0.1, 0.15) is 13.8 Å². The van der Waals surface area contributed by atoms with Crippen LogP contribution in [-0.4, -0.2) is 37.6 Å². The van der Waals surface area contributed by atoms with Gasteiger partial charge in [-0.2, -0.15) is 0 Å². The zero-order chi connectivity index (χ0) is 13.8. The van der Waals surface area contributed by atoms with Crippen molar-refractivity contribution in [3.05, 3.63) is 24.3 Å². The van der Waals surface area contributed by atoms with Gasteiger partial charge in [-0.3, -0.25) is 0 Å². The SMILES string of the molecule is COC(=S)Nc1ccc(N2C[C@@H](C)O[C@@H](C)C2)cc1. The van der Waals surface area contributed by atoms with Gasteiger partial charge in [-0.1, -0.05) is 0 Å². The first kappa shape index (κ1) is 14.1. The van der Waals surface area contributed by atoms with Crippen molar-refractivity contribution in [1.29, 1.82) is 0 Å². The zero-order valence-corrected chi connectivity index (χ0v) is 12.4. The van der Waals surface area contributed by atoms with E-state index in [2.05, 4.69) is 36.2 Å². The van der Waals surface area contributed by atoms with Gasteiger partial charge in [-0.25, -0.2) is 0 Å². The highest BCUT2D eigenvalue weighted by molar-refractivity contribution is 7.80. The van der Waals surface area contributed by atoms with E-state index in [-0.39, 0.29) is 12.2 Å². The lowest BCUT2D eigenvalue weighted by molar-refractivity contribution is -0.00521. The molecule has 1 heterocycles. The minimum atomic E-state index is 0.266. The molecule has 1 fully saturated rings. The van der Waals surface area contributed by atoms with Gasteiger partial charge in [-0.15, -0.1) is 0 Å². The van der Waals surface area contributed by atoms with Crippen LogP contribution in [0.5, 0.6) is 0 Å². The highest BCUT2D eigenvalue weighted by Crippen LogP contribution is 2.22. The summed E-state index contributed by atoms with van der Waals surface area (Å²) >= 11 is 4.97. The van der Waals surface area contributed by atoms with Gasteiger partial charge in [0, 0.05) is 24.5 Å². The van der Waals surface area contributed by atoms with Crippen LogP contribution < -0.4 is 10.2 Å². The highest BCUT2D eigenvalue weighted by atomic mass is 32.1. The molecule has 2 rings (SSSR count). The van der Waals surface area contributed by atoms with Crippen LogP contribution in [0.25, 0.3) is 0 Å². The van der Waals surface area contributed by atoms with Gasteiger partial charge in [0.1, 0.15) is 0 Å². The van der Waals surface area contributed by atoms with E-state index in [0.717, 1.165) is 18.8 Å².